The van der Waals surface area contributed by atoms with E-state index in [9.17, 15) is 28.0 Å². The molecule has 1 fully saturated rings. The molecule has 4 rings (SSSR count). The summed E-state index contributed by atoms with van der Waals surface area (Å²) in [6.45, 7) is 11.9. The van der Waals surface area contributed by atoms with Crippen LogP contribution in [0.1, 0.15) is 43.4 Å². The van der Waals surface area contributed by atoms with E-state index in [2.05, 4.69) is 17.2 Å². The molecule has 4 amide bonds. The lowest BCUT2D eigenvalue weighted by molar-refractivity contribution is -0.116. The number of carbonyl (C=O) groups excluding carboxylic acids is 3. The van der Waals surface area contributed by atoms with Crippen LogP contribution in [0, 0.1) is 26.6 Å². The van der Waals surface area contributed by atoms with E-state index in [-0.39, 0.29) is 40.2 Å². The Morgan fingerprint density at radius 2 is 1.74 bits per heavy atom. The number of halogens is 2. The number of amides is 4. The smallest absolute Gasteiger partial charge is 0.335 e. The number of aromatic nitrogens is 1. The van der Waals surface area contributed by atoms with Gasteiger partial charge >= 0.3 is 6.03 Å². The second-order valence-electron chi connectivity index (χ2n) is 9.69. The zero-order valence-electron chi connectivity index (χ0n) is 24.5. The Hall–Kier alpha value is -4.80. The van der Waals surface area contributed by atoms with Crippen molar-refractivity contribution in [2.75, 3.05) is 15.5 Å². The van der Waals surface area contributed by atoms with Gasteiger partial charge in [-0.15, -0.1) is 0 Å². The second kappa shape index (κ2) is 13.2. The van der Waals surface area contributed by atoms with Gasteiger partial charge in [-0.3, -0.25) is 28.8 Å². The number of urea groups is 1. The number of carbonyl (C=O) groups is 3. The molecule has 0 saturated heterocycles. The molecule has 0 radical (unpaired) electrons. The van der Waals surface area contributed by atoms with Gasteiger partial charge in [0, 0.05) is 29.9 Å². The van der Waals surface area contributed by atoms with Gasteiger partial charge in [-0.25, -0.2) is 13.6 Å². The molecule has 2 N–H and O–H groups in total. The number of anilines is 5. The fourth-order valence-electron chi connectivity index (χ4n) is 4.47. The number of pyridine rings is 1. The molecular formula is C31H35F2N5O4. The van der Waals surface area contributed by atoms with Gasteiger partial charge in [0.2, 0.25) is 6.41 Å². The van der Waals surface area contributed by atoms with Crippen molar-refractivity contribution in [1.82, 2.24) is 9.47 Å². The number of imide groups is 1. The summed E-state index contributed by atoms with van der Waals surface area (Å²) in [7, 11) is 1.52. The molecule has 1 aromatic heterocycles. The molecular weight excluding hydrogens is 544 g/mol. The zero-order valence-corrected chi connectivity index (χ0v) is 24.5. The summed E-state index contributed by atoms with van der Waals surface area (Å²) < 4.78 is 29.4. The summed E-state index contributed by atoms with van der Waals surface area (Å²) in [6, 6.07) is 9.58. The van der Waals surface area contributed by atoms with E-state index in [1.165, 1.54) is 40.8 Å². The SMILES string of the molecule is C=C(F)C(=O)Nc1cccc(N(C(=O)N(C=O)C2CC2)c2c(C)c(Nc3ccc(C)cc3F)n(C)c(=O)c2C)c1.CC. The van der Waals surface area contributed by atoms with Crippen molar-refractivity contribution in [3.63, 3.8) is 0 Å². The molecule has 42 heavy (non-hydrogen) atoms. The van der Waals surface area contributed by atoms with E-state index >= 15 is 0 Å². The average molecular weight is 580 g/mol. The van der Waals surface area contributed by atoms with E-state index in [1.807, 2.05) is 13.8 Å². The number of hydrogen-bond acceptors (Lipinski definition) is 5. The van der Waals surface area contributed by atoms with Crippen LogP contribution in [-0.4, -0.2) is 33.9 Å². The van der Waals surface area contributed by atoms with E-state index in [0.717, 1.165) is 4.90 Å². The molecule has 0 unspecified atom stereocenters. The Kier molecular flexibility index (Phi) is 10.0. The van der Waals surface area contributed by atoms with Crippen molar-refractivity contribution in [3.05, 3.63) is 87.7 Å². The Balaban J connectivity index is 0.00000237. The van der Waals surface area contributed by atoms with Crippen LogP contribution in [0.15, 0.2) is 59.7 Å². The van der Waals surface area contributed by atoms with E-state index in [1.54, 1.807) is 39.0 Å². The molecule has 0 aliphatic heterocycles. The third kappa shape index (κ3) is 6.56. The van der Waals surface area contributed by atoms with Gasteiger partial charge in [0.05, 0.1) is 17.1 Å². The van der Waals surface area contributed by atoms with Gasteiger partial charge in [0.1, 0.15) is 11.6 Å². The molecule has 222 valence electrons. The first-order chi connectivity index (χ1) is 19.9. The van der Waals surface area contributed by atoms with Gasteiger partial charge in [0.15, 0.2) is 5.83 Å². The Morgan fingerprint density at radius 3 is 2.31 bits per heavy atom. The minimum atomic E-state index is -1.20. The molecule has 1 aliphatic rings. The van der Waals surface area contributed by atoms with E-state index in [0.29, 0.717) is 30.4 Å². The molecule has 0 atom stereocenters. The van der Waals surface area contributed by atoms with Gasteiger partial charge in [-0.05, 0) is 69.5 Å². The summed E-state index contributed by atoms with van der Waals surface area (Å²) in [4.78, 5) is 53.5. The first kappa shape index (κ1) is 31.7. The number of hydrogen-bond donors (Lipinski definition) is 2. The first-order valence-electron chi connectivity index (χ1n) is 13.5. The van der Waals surface area contributed by atoms with Crippen LogP contribution < -0.4 is 21.1 Å². The van der Waals surface area contributed by atoms with Gasteiger partial charge in [-0.1, -0.05) is 32.6 Å². The van der Waals surface area contributed by atoms with Crippen molar-refractivity contribution in [2.45, 2.75) is 53.5 Å². The maximum absolute atomic E-state index is 14.8. The summed E-state index contributed by atoms with van der Waals surface area (Å²) >= 11 is 0. The monoisotopic (exact) mass is 579 g/mol. The number of benzene rings is 2. The van der Waals surface area contributed by atoms with Crippen LogP contribution >= 0.6 is 0 Å². The molecule has 1 aliphatic carbocycles. The summed E-state index contributed by atoms with van der Waals surface area (Å²) in [5.41, 5.74) is 1.52. The normalized spacial score (nSPS) is 12.0. The minimum Gasteiger partial charge on any atom is -0.339 e. The number of rotatable bonds is 8. The van der Waals surface area contributed by atoms with Crippen molar-refractivity contribution in [2.24, 2.45) is 7.05 Å². The largest absolute Gasteiger partial charge is 0.339 e. The lowest BCUT2D eigenvalue weighted by Crippen LogP contribution is -2.43. The van der Waals surface area contributed by atoms with Crippen molar-refractivity contribution < 1.29 is 23.2 Å². The second-order valence-corrected chi connectivity index (χ2v) is 9.69. The van der Waals surface area contributed by atoms with Gasteiger partial charge in [0.25, 0.3) is 11.5 Å². The highest BCUT2D eigenvalue weighted by Gasteiger charge is 2.37. The molecule has 2 aromatic carbocycles. The Morgan fingerprint density at radius 1 is 1.07 bits per heavy atom. The highest BCUT2D eigenvalue weighted by Crippen LogP contribution is 2.38. The van der Waals surface area contributed by atoms with Crippen LogP contribution in [-0.2, 0) is 16.6 Å². The van der Waals surface area contributed by atoms with Crippen LogP contribution in [0.4, 0.5) is 42.1 Å². The first-order valence-corrected chi connectivity index (χ1v) is 13.5. The average Bonchev–Trinajstić information content (AvgIpc) is 3.80. The van der Waals surface area contributed by atoms with Crippen LogP contribution in [0.5, 0.6) is 0 Å². The standard InChI is InChI=1S/C29H29F2N5O4.C2H6/c1-16-9-12-24(23(31)13-16)33-26-17(2)25(18(3)28(39)34(26)5)36(29(40)35(15-37)21-10-11-21)22-8-6-7-20(14-22)32-27(38)19(4)30;1-2/h6-9,12-15,21,33H,4,10-11H2,1-3,5H3,(H,32,38);1-2H3. The van der Waals surface area contributed by atoms with Crippen LogP contribution in [0.3, 0.4) is 0 Å². The zero-order chi connectivity index (χ0) is 31.3. The fraction of sp³-hybridized carbons (Fsp3) is 0.290. The van der Waals surface area contributed by atoms with Crippen LogP contribution in [0.25, 0.3) is 0 Å². The Bertz CT molecular complexity index is 1600. The minimum absolute atomic E-state index is 0.125. The van der Waals surface area contributed by atoms with Crippen molar-refractivity contribution >= 4 is 46.9 Å². The number of aryl methyl sites for hydroxylation is 1. The van der Waals surface area contributed by atoms with Gasteiger partial charge < -0.3 is 10.6 Å². The third-order valence-corrected chi connectivity index (χ3v) is 6.70. The highest BCUT2D eigenvalue weighted by molar-refractivity contribution is 6.06. The molecule has 11 heteroatoms. The van der Waals surface area contributed by atoms with E-state index < -0.39 is 29.1 Å². The molecule has 1 saturated carbocycles. The maximum Gasteiger partial charge on any atom is 0.335 e. The van der Waals surface area contributed by atoms with Crippen molar-refractivity contribution in [3.8, 4) is 0 Å². The predicted octanol–water partition coefficient (Wildman–Crippen LogP) is 6.52. The number of nitrogens with zero attached hydrogens (tertiary/aromatic N) is 3. The highest BCUT2D eigenvalue weighted by atomic mass is 19.1. The van der Waals surface area contributed by atoms with Crippen molar-refractivity contribution in [1.29, 1.82) is 0 Å². The Labute approximate surface area is 243 Å². The summed E-state index contributed by atoms with van der Waals surface area (Å²) in [5, 5.41) is 5.33. The molecule has 9 nitrogen and oxygen atoms in total. The predicted molar refractivity (Wildman–Crippen MR) is 161 cm³/mol. The lowest BCUT2D eigenvalue weighted by Gasteiger charge is -2.31. The van der Waals surface area contributed by atoms with Crippen LogP contribution in [0.2, 0.25) is 0 Å². The quantitative estimate of drug-likeness (QED) is 0.234. The number of nitrogens with one attached hydrogen (secondary N) is 2. The topological polar surface area (TPSA) is 104 Å². The fourth-order valence-corrected chi connectivity index (χ4v) is 4.47. The summed E-state index contributed by atoms with van der Waals surface area (Å²) in [6.07, 6.45) is 1.72. The molecule has 3 aromatic rings. The molecule has 0 bridgehead atoms. The summed E-state index contributed by atoms with van der Waals surface area (Å²) in [5.74, 6) is -2.55. The lowest BCUT2D eigenvalue weighted by atomic mass is 10.1. The molecule has 0 spiro atoms. The van der Waals surface area contributed by atoms with Gasteiger partial charge in [-0.2, -0.15) is 0 Å². The maximum atomic E-state index is 14.8. The third-order valence-electron chi connectivity index (χ3n) is 6.70. The molecule has 1 heterocycles. The van der Waals surface area contributed by atoms with E-state index in [4.69, 9.17) is 0 Å².